The lowest BCUT2D eigenvalue weighted by Gasteiger charge is -2.49. The van der Waals surface area contributed by atoms with Crippen molar-refractivity contribution in [2.75, 3.05) is 43.1 Å². The third-order valence-corrected chi connectivity index (χ3v) is 7.22. The van der Waals surface area contributed by atoms with Gasteiger partial charge in [-0.25, -0.2) is 0 Å². The van der Waals surface area contributed by atoms with Crippen LogP contribution in [-0.4, -0.2) is 50.2 Å². The van der Waals surface area contributed by atoms with Crippen LogP contribution in [0.25, 0.3) is 0 Å². The Morgan fingerprint density at radius 1 is 1.21 bits per heavy atom. The molecular formula is C24H27ClN4O4. The van der Waals surface area contributed by atoms with Crippen LogP contribution in [0, 0.1) is 22.0 Å². The lowest BCUT2D eigenvalue weighted by Crippen LogP contribution is -2.61. The molecule has 1 amide bonds. The second-order valence-electron chi connectivity index (χ2n) is 9.09. The summed E-state index contributed by atoms with van der Waals surface area (Å²) in [5, 5.41) is 15.1. The summed E-state index contributed by atoms with van der Waals surface area (Å²) in [7, 11) is 1.64. The molecule has 0 spiro atoms. The predicted molar refractivity (Wildman–Crippen MR) is 127 cm³/mol. The van der Waals surface area contributed by atoms with Gasteiger partial charge >= 0.3 is 0 Å². The van der Waals surface area contributed by atoms with E-state index < -0.39 is 0 Å². The first kappa shape index (κ1) is 21.8. The Labute approximate surface area is 197 Å². The molecule has 1 aliphatic carbocycles. The molecule has 2 aromatic rings. The van der Waals surface area contributed by atoms with Crippen LogP contribution in [0.1, 0.15) is 18.4 Å². The first-order valence-corrected chi connectivity index (χ1v) is 11.7. The second-order valence-corrected chi connectivity index (χ2v) is 9.53. The number of benzene rings is 2. The highest BCUT2D eigenvalue weighted by molar-refractivity contribution is 6.31. The van der Waals surface area contributed by atoms with E-state index in [4.69, 9.17) is 16.3 Å². The average molecular weight is 471 g/mol. The van der Waals surface area contributed by atoms with E-state index in [9.17, 15) is 14.9 Å². The highest BCUT2D eigenvalue weighted by Crippen LogP contribution is 2.40. The molecule has 33 heavy (non-hydrogen) atoms. The number of hydrogen-bond acceptors (Lipinski definition) is 6. The van der Waals surface area contributed by atoms with Crippen LogP contribution in [0.5, 0.6) is 5.75 Å². The number of rotatable bonds is 6. The number of nitrogens with zero attached hydrogens (tertiary/aromatic N) is 3. The molecule has 1 N–H and O–H groups in total. The summed E-state index contributed by atoms with van der Waals surface area (Å²) in [4.78, 5) is 28.7. The minimum atomic E-state index is -0.377. The lowest BCUT2D eigenvalue weighted by molar-refractivity contribution is -0.384. The predicted octanol–water partition coefficient (Wildman–Crippen LogP) is 3.65. The molecule has 3 aliphatic rings. The average Bonchev–Trinajstić information content (AvgIpc) is 3.65. The molecule has 2 heterocycles. The molecule has 174 valence electrons. The van der Waals surface area contributed by atoms with Gasteiger partial charge in [0.2, 0.25) is 5.91 Å². The Balaban J connectivity index is 1.47. The van der Waals surface area contributed by atoms with Crippen molar-refractivity contribution in [1.82, 2.24) is 5.32 Å². The summed E-state index contributed by atoms with van der Waals surface area (Å²) in [5.41, 5.74) is 2.82. The molecule has 1 saturated carbocycles. The van der Waals surface area contributed by atoms with Crippen molar-refractivity contribution in [3.8, 4) is 5.75 Å². The van der Waals surface area contributed by atoms with E-state index in [2.05, 4.69) is 15.1 Å². The van der Waals surface area contributed by atoms with E-state index >= 15 is 0 Å². The summed E-state index contributed by atoms with van der Waals surface area (Å²) in [6.45, 7) is 2.75. The molecule has 0 radical (unpaired) electrons. The third-order valence-electron chi connectivity index (χ3n) is 6.99. The molecule has 1 saturated heterocycles. The quantitative estimate of drug-likeness (QED) is 0.512. The van der Waals surface area contributed by atoms with Gasteiger partial charge in [-0.05, 0) is 55.0 Å². The molecule has 0 aromatic heterocycles. The standard InChI is InChI=1S/C24H27ClN4O4/c1-33-23-7-4-17(25)12-21(23)27-8-9-28-20-6-5-18(29(31)32)10-16(20)11-19(22(28)14-27)24(30)26-13-15-2-3-15/h4-7,10,12,15,19,22H,2-3,8-9,11,13-14H2,1H3,(H,26,30)/t19-,22-/m1/s1. The lowest BCUT2D eigenvalue weighted by atomic mass is 9.83. The van der Waals surface area contributed by atoms with Crippen LogP contribution in [0.4, 0.5) is 17.1 Å². The maximum absolute atomic E-state index is 13.3. The first-order valence-electron chi connectivity index (χ1n) is 11.3. The number of ether oxygens (including phenoxy) is 1. The minimum Gasteiger partial charge on any atom is -0.495 e. The number of anilines is 2. The number of non-ortho nitro benzene ring substituents is 1. The van der Waals surface area contributed by atoms with Crippen molar-refractivity contribution in [3.05, 3.63) is 57.1 Å². The Bertz CT molecular complexity index is 1090. The Morgan fingerprint density at radius 3 is 2.76 bits per heavy atom. The van der Waals surface area contributed by atoms with Gasteiger partial charge in [-0.2, -0.15) is 0 Å². The van der Waals surface area contributed by atoms with Crippen molar-refractivity contribution in [2.45, 2.75) is 25.3 Å². The van der Waals surface area contributed by atoms with Crippen LogP contribution in [0.15, 0.2) is 36.4 Å². The first-order chi connectivity index (χ1) is 15.9. The van der Waals surface area contributed by atoms with Crippen molar-refractivity contribution in [3.63, 3.8) is 0 Å². The maximum Gasteiger partial charge on any atom is 0.269 e. The number of carbonyl (C=O) groups excluding carboxylic acids is 1. The number of nitro benzene ring substituents is 1. The van der Waals surface area contributed by atoms with Crippen molar-refractivity contribution in [1.29, 1.82) is 0 Å². The Kier molecular flexibility index (Phi) is 5.78. The monoisotopic (exact) mass is 470 g/mol. The summed E-state index contributed by atoms with van der Waals surface area (Å²) in [6, 6.07) is 10.5. The Morgan fingerprint density at radius 2 is 2.03 bits per heavy atom. The van der Waals surface area contributed by atoms with Crippen LogP contribution < -0.4 is 19.9 Å². The number of fused-ring (bicyclic) bond motifs is 3. The number of halogens is 1. The smallest absolute Gasteiger partial charge is 0.269 e. The molecule has 2 atom stereocenters. The summed E-state index contributed by atoms with van der Waals surface area (Å²) in [5.74, 6) is 1.05. The number of nitro groups is 1. The highest BCUT2D eigenvalue weighted by Gasteiger charge is 2.42. The van der Waals surface area contributed by atoms with Gasteiger partial charge < -0.3 is 19.9 Å². The van der Waals surface area contributed by atoms with Gasteiger partial charge in [0.05, 0.1) is 29.7 Å². The second kappa shape index (κ2) is 8.74. The number of hydrogen-bond donors (Lipinski definition) is 1. The van der Waals surface area contributed by atoms with Crippen LogP contribution in [0.3, 0.4) is 0 Å². The van der Waals surface area contributed by atoms with Crippen LogP contribution >= 0.6 is 11.6 Å². The van der Waals surface area contributed by atoms with Crippen molar-refractivity contribution in [2.24, 2.45) is 11.8 Å². The molecule has 0 bridgehead atoms. The van der Waals surface area contributed by atoms with Crippen molar-refractivity contribution < 1.29 is 14.5 Å². The molecule has 9 heteroatoms. The van der Waals surface area contributed by atoms with E-state index in [1.54, 1.807) is 25.3 Å². The Hall–Kier alpha value is -3.00. The highest BCUT2D eigenvalue weighted by atomic mass is 35.5. The fourth-order valence-electron chi connectivity index (χ4n) is 5.05. The minimum absolute atomic E-state index is 0.0222. The van der Waals surface area contributed by atoms with E-state index in [0.717, 1.165) is 42.1 Å². The molecule has 2 fully saturated rings. The molecular weight excluding hydrogens is 444 g/mol. The maximum atomic E-state index is 13.3. The zero-order valence-corrected chi connectivity index (χ0v) is 19.3. The van der Waals surface area contributed by atoms with Crippen LogP contribution in [0.2, 0.25) is 5.02 Å². The van der Waals surface area contributed by atoms with Crippen LogP contribution in [-0.2, 0) is 11.2 Å². The van der Waals surface area contributed by atoms with Gasteiger partial charge in [0, 0.05) is 49.0 Å². The fraction of sp³-hybridized carbons (Fsp3) is 0.458. The number of amides is 1. The van der Waals surface area contributed by atoms with E-state index in [1.807, 2.05) is 18.2 Å². The summed E-state index contributed by atoms with van der Waals surface area (Å²) >= 11 is 6.28. The van der Waals surface area contributed by atoms with Gasteiger partial charge in [0.15, 0.2) is 0 Å². The number of methoxy groups -OCH3 is 1. The van der Waals surface area contributed by atoms with Gasteiger partial charge in [-0.15, -0.1) is 0 Å². The summed E-state index contributed by atoms with van der Waals surface area (Å²) < 4.78 is 5.57. The molecule has 5 rings (SSSR count). The fourth-order valence-corrected chi connectivity index (χ4v) is 5.22. The van der Waals surface area contributed by atoms with E-state index in [-0.39, 0.29) is 28.5 Å². The molecule has 2 aliphatic heterocycles. The zero-order valence-electron chi connectivity index (χ0n) is 18.5. The topological polar surface area (TPSA) is 87.9 Å². The van der Waals surface area contributed by atoms with Gasteiger partial charge in [-0.3, -0.25) is 14.9 Å². The van der Waals surface area contributed by atoms with Gasteiger partial charge in [0.25, 0.3) is 5.69 Å². The number of piperazine rings is 1. The normalized spacial score (nSPS) is 21.8. The molecule has 8 nitrogen and oxygen atoms in total. The largest absolute Gasteiger partial charge is 0.495 e. The number of nitrogens with one attached hydrogen (secondary N) is 1. The zero-order chi connectivity index (χ0) is 23.1. The van der Waals surface area contributed by atoms with Gasteiger partial charge in [0.1, 0.15) is 5.75 Å². The summed E-state index contributed by atoms with van der Waals surface area (Å²) in [6.07, 6.45) is 2.81. The number of carbonyl (C=O) groups is 1. The SMILES string of the molecule is COc1ccc(Cl)cc1N1CCN2c3ccc([N+](=O)[O-])cc3C[C@@H](C(=O)NCC3CC3)[C@H]2C1. The third kappa shape index (κ3) is 4.31. The van der Waals surface area contributed by atoms with E-state index in [0.29, 0.717) is 37.0 Å². The molecule has 2 aromatic carbocycles. The molecule has 0 unspecified atom stereocenters. The van der Waals surface area contributed by atoms with Gasteiger partial charge in [-0.1, -0.05) is 11.6 Å². The van der Waals surface area contributed by atoms with Crippen molar-refractivity contribution >= 4 is 34.6 Å². The van der Waals surface area contributed by atoms with E-state index in [1.165, 1.54) is 0 Å².